The molecular weight excluding hydrogens is 232 g/mol. The van der Waals surface area contributed by atoms with Crippen LogP contribution in [0.1, 0.15) is 0 Å². The number of ether oxygens (including phenoxy) is 2. The highest BCUT2D eigenvalue weighted by Crippen LogP contribution is 2.24. The fraction of sp³-hybridized carbons (Fsp3) is 0.143. The Bertz CT molecular complexity index is 439. The van der Waals surface area contributed by atoms with Crippen molar-refractivity contribution in [2.45, 2.75) is 0 Å². The number of rotatable bonds is 2. The highest BCUT2D eigenvalue weighted by atomic mass is 16.5. The number of benzene rings is 2. The molecular formula is C14H16O4. The zero-order valence-electron chi connectivity index (χ0n) is 10.3. The van der Waals surface area contributed by atoms with Gasteiger partial charge in [0.1, 0.15) is 0 Å². The van der Waals surface area contributed by atoms with Crippen LogP contribution >= 0.6 is 0 Å². The first-order valence-corrected chi connectivity index (χ1v) is 5.33. The van der Waals surface area contributed by atoms with E-state index in [4.69, 9.17) is 19.7 Å². The van der Waals surface area contributed by atoms with Crippen LogP contribution in [-0.2, 0) is 0 Å². The van der Waals surface area contributed by atoms with Crippen LogP contribution < -0.4 is 9.47 Å². The van der Waals surface area contributed by atoms with Gasteiger partial charge in [-0.3, -0.25) is 0 Å². The van der Waals surface area contributed by atoms with Gasteiger partial charge < -0.3 is 19.7 Å². The Morgan fingerprint density at radius 2 is 1.00 bits per heavy atom. The molecule has 0 fully saturated rings. The molecule has 0 saturated heterocycles. The highest BCUT2D eigenvalue weighted by molar-refractivity contribution is 5.39. The highest BCUT2D eigenvalue weighted by Gasteiger charge is 1.97. The predicted molar refractivity (Wildman–Crippen MR) is 69.3 cm³/mol. The average Bonchev–Trinajstić information content (AvgIpc) is 2.42. The van der Waals surface area contributed by atoms with Crippen molar-refractivity contribution >= 4 is 0 Å². The topological polar surface area (TPSA) is 58.9 Å². The van der Waals surface area contributed by atoms with Gasteiger partial charge in [-0.2, -0.15) is 0 Å². The predicted octanol–water partition coefficient (Wildman–Crippen LogP) is 2.80. The van der Waals surface area contributed by atoms with Crippen LogP contribution in [0.15, 0.2) is 48.5 Å². The van der Waals surface area contributed by atoms with E-state index in [2.05, 4.69) is 0 Å². The molecule has 0 aliphatic heterocycles. The molecule has 0 unspecified atom stereocenters. The summed E-state index contributed by atoms with van der Waals surface area (Å²) in [5.41, 5.74) is 0. The zero-order valence-corrected chi connectivity index (χ0v) is 10.3. The fourth-order valence-corrected chi connectivity index (χ4v) is 1.25. The first-order valence-electron chi connectivity index (χ1n) is 5.33. The van der Waals surface area contributed by atoms with Crippen molar-refractivity contribution in [1.82, 2.24) is 0 Å². The molecule has 0 saturated carbocycles. The Kier molecular flexibility index (Phi) is 5.38. The summed E-state index contributed by atoms with van der Waals surface area (Å²) in [6.45, 7) is 0. The maximum absolute atomic E-state index is 8.67. The minimum Gasteiger partial charge on any atom is -0.504 e. The standard InChI is InChI=1S/C8H10O2.C6H6O2/c1-9-7-5-3-4-6-8(7)10-2;7-5-3-1-2-4-6(5)8/h3-6H,1-2H3;1-4,7-8H. The Balaban J connectivity index is 0.000000184. The average molecular weight is 248 g/mol. The van der Waals surface area contributed by atoms with E-state index in [1.807, 2.05) is 24.3 Å². The lowest BCUT2D eigenvalue weighted by Crippen LogP contribution is -1.88. The maximum atomic E-state index is 8.67. The van der Waals surface area contributed by atoms with Crippen LogP contribution in [0.5, 0.6) is 23.0 Å². The van der Waals surface area contributed by atoms with E-state index in [1.54, 1.807) is 26.4 Å². The summed E-state index contributed by atoms with van der Waals surface area (Å²) in [6, 6.07) is 13.7. The van der Waals surface area contributed by atoms with E-state index in [1.165, 1.54) is 12.1 Å². The Hall–Kier alpha value is -2.36. The summed E-state index contributed by atoms with van der Waals surface area (Å²) in [4.78, 5) is 0. The summed E-state index contributed by atoms with van der Waals surface area (Å²) in [5, 5.41) is 17.3. The molecule has 0 amide bonds. The van der Waals surface area contributed by atoms with Gasteiger partial charge >= 0.3 is 0 Å². The van der Waals surface area contributed by atoms with Crippen molar-refractivity contribution in [3.05, 3.63) is 48.5 Å². The summed E-state index contributed by atoms with van der Waals surface area (Å²) in [7, 11) is 3.25. The molecule has 0 heterocycles. The minimum atomic E-state index is -0.0764. The Labute approximate surface area is 106 Å². The smallest absolute Gasteiger partial charge is 0.160 e. The quantitative estimate of drug-likeness (QED) is 0.802. The SMILES string of the molecule is COc1ccccc1OC.Oc1ccccc1O. The molecule has 2 N–H and O–H groups in total. The molecule has 0 aromatic heterocycles. The molecule has 0 bridgehead atoms. The van der Waals surface area contributed by atoms with Gasteiger partial charge in [0.05, 0.1) is 14.2 Å². The number of methoxy groups -OCH3 is 2. The largest absolute Gasteiger partial charge is 0.504 e. The first kappa shape index (κ1) is 13.7. The molecule has 2 aromatic carbocycles. The van der Waals surface area contributed by atoms with Crippen LogP contribution in [0.4, 0.5) is 0 Å². The van der Waals surface area contributed by atoms with E-state index >= 15 is 0 Å². The molecule has 2 aromatic rings. The van der Waals surface area contributed by atoms with Crippen molar-refractivity contribution in [1.29, 1.82) is 0 Å². The number of phenolic OH excluding ortho intramolecular Hbond substituents is 2. The van der Waals surface area contributed by atoms with Gasteiger partial charge in [0, 0.05) is 0 Å². The third-order valence-corrected chi connectivity index (χ3v) is 2.17. The van der Waals surface area contributed by atoms with Crippen molar-refractivity contribution < 1.29 is 19.7 Å². The molecule has 0 aliphatic rings. The summed E-state index contributed by atoms with van der Waals surface area (Å²) in [6.07, 6.45) is 0. The van der Waals surface area contributed by atoms with Gasteiger partial charge in [0.15, 0.2) is 23.0 Å². The second-order valence-corrected chi connectivity index (χ2v) is 3.34. The van der Waals surface area contributed by atoms with Crippen molar-refractivity contribution in [2.24, 2.45) is 0 Å². The zero-order chi connectivity index (χ0) is 13.4. The van der Waals surface area contributed by atoms with E-state index in [-0.39, 0.29) is 11.5 Å². The van der Waals surface area contributed by atoms with E-state index in [9.17, 15) is 0 Å². The van der Waals surface area contributed by atoms with E-state index in [0.717, 1.165) is 11.5 Å². The van der Waals surface area contributed by atoms with Crippen LogP contribution in [0.2, 0.25) is 0 Å². The van der Waals surface area contributed by atoms with Gasteiger partial charge in [-0.05, 0) is 24.3 Å². The maximum Gasteiger partial charge on any atom is 0.160 e. The molecule has 0 radical (unpaired) electrons. The van der Waals surface area contributed by atoms with Crippen molar-refractivity contribution in [3.63, 3.8) is 0 Å². The van der Waals surface area contributed by atoms with Gasteiger partial charge in [-0.25, -0.2) is 0 Å². The van der Waals surface area contributed by atoms with Gasteiger partial charge in [-0.15, -0.1) is 0 Å². The molecule has 2 rings (SSSR count). The monoisotopic (exact) mass is 248 g/mol. The third-order valence-electron chi connectivity index (χ3n) is 2.17. The molecule has 96 valence electrons. The van der Waals surface area contributed by atoms with Crippen LogP contribution in [0.3, 0.4) is 0 Å². The number of para-hydroxylation sites is 4. The molecule has 4 heteroatoms. The third kappa shape index (κ3) is 3.90. The molecule has 0 aliphatic carbocycles. The van der Waals surface area contributed by atoms with Crippen molar-refractivity contribution in [3.8, 4) is 23.0 Å². The second-order valence-electron chi connectivity index (χ2n) is 3.34. The summed E-state index contributed by atoms with van der Waals surface area (Å²) < 4.78 is 10.0. The van der Waals surface area contributed by atoms with Gasteiger partial charge in [0.25, 0.3) is 0 Å². The minimum absolute atomic E-state index is 0.0764. The number of phenols is 2. The number of hydrogen-bond donors (Lipinski definition) is 2. The molecule has 18 heavy (non-hydrogen) atoms. The lowest BCUT2D eigenvalue weighted by molar-refractivity contribution is 0.355. The number of aromatic hydroxyl groups is 2. The van der Waals surface area contributed by atoms with Gasteiger partial charge in [0.2, 0.25) is 0 Å². The van der Waals surface area contributed by atoms with Crippen LogP contribution in [-0.4, -0.2) is 24.4 Å². The lowest BCUT2D eigenvalue weighted by atomic mass is 10.3. The van der Waals surface area contributed by atoms with Gasteiger partial charge in [-0.1, -0.05) is 24.3 Å². The van der Waals surface area contributed by atoms with E-state index < -0.39 is 0 Å². The second kappa shape index (κ2) is 7.06. The number of hydrogen-bond acceptors (Lipinski definition) is 4. The molecule has 0 atom stereocenters. The summed E-state index contributed by atoms with van der Waals surface area (Å²) in [5.74, 6) is 1.38. The summed E-state index contributed by atoms with van der Waals surface area (Å²) >= 11 is 0. The Morgan fingerprint density at radius 3 is 1.28 bits per heavy atom. The van der Waals surface area contributed by atoms with Crippen molar-refractivity contribution in [2.75, 3.05) is 14.2 Å². The molecule has 0 spiro atoms. The van der Waals surface area contributed by atoms with E-state index in [0.29, 0.717) is 0 Å². The first-order chi connectivity index (χ1) is 8.69. The molecule has 4 nitrogen and oxygen atoms in total. The van der Waals surface area contributed by atoms with Crippen LogP contribution in [0.25, 0.3) is 0 Å². The normalized spacial score (nSPS) is 9.00. The lowest BCUT2D eigenvalue weighted by Gasteiger charge is -2.04. The Morgan fingerprint density at radius 1 is 0.667 bits per heavy atom. The van der Waals surface area contributed by atoms with Crippen LogP contribution in [0, 0.1) is 0 Å². The fourth-order valence-electron chi connectivity index (χ4n) is 1.25.